The van der Waals surface area contributed by atoms with Gasteiger partial charge in [0.25, 0.3) is 5.91 Å². The van der Waals surface area contributed by atoms with Crippen molar-refractivity contribution in [2.75, 3.05) is 6.61 Å². The molecular formula is C20H18N2O4. The van der Waals surface area contributed by atoms with Crippen LogP contribution in [0.25, 0.3) is 11.3 Å². The van der Waals surface area contributed by atoms with Crippen molar-refractivity contribution >= 4 is 11.7 Å². The first-order chi connectivity index (χ1) is 12.6. The summed E-state index contributed by atoms with van der Waals surface area (Å²) in [5, 5.41) is 15.4. The SMILES string of the molecule is Cc1cccc(-c2cc(C(=O)NCc3ccc(C(=O)CO)cc3)no2)c1. The number of nitrogens with one attached hydrogen (secondary N) is 1. The van der Waals surface area contributed by atoms with Gasteiger partial charge in [-0.2, -0.15) is 0 Å². The van der Waals surface area contributed by atoms with E-state index >= 15 is 0 Å². The molecule has 3 rings (SSSR count). The number of carbonyl (C=O) groups excluding carboxylic acids is 2. The van der Waals surface area contributed by atoms with Crippen molar-refractivity contribution in [3.63, 3.8) is 0 Å². The van der Waals surface area contributed by atoms with Gasteiger partial charge in [0.2, 0.25) is 0 Å². The van der Waals surface area contributed by atoms with Gasteiger partial charge in [0.05, 0.1) is 0 Å². The summed E-state index contributed by atoms with van der Waals surface area (Å²) in [6.45, 7) is 1.75. The van der Waals surface area contributed by atoms with E-state index in [1.807, 2.05) is 31.2 Å². The Labute approximate surface area is 150 Å². The molecule has 0 fully saturated rings. The monoisotopic (exact) mass is 350 g/mol. The molecule has 2 aromatic carbocycles. The third-order valence-electron chi connectivity index (χ3n) is 3.92. The van der Waals surface area contributed by atoms with Gasteiger partial charge < -0.3 is 14.9 Å². The average Bonchev–Trinajstić information content (AvgIpc) is 3.16. The number of aryl methyl sites for hydroxylation is 1. The normalized spacial score (nSPS) is 10.5. The van der Waals surface area contributed by atoms with E-state index in [0.717, 1.165) is 16.7 Å². The molecule has 132 valence electrons. The zero-order chi connectivity index (χ0) is 18.5. The van der Waals surface area contributed by atoms with Crippen molar-refractivity contribution < 1.29 is 19.2 Å². The van der Waals surface area contributed by atoms with Crippen LogP contribution in [0.15, 0.2) is 59.1 Å². The van der Waals surface area contributed by atoms with Gasteiger partial charge in [-0.1, -0.05) is 53.2 Å². The number of Topliss-reactive ketones (excluding diaryl/α,β-unsaturated/α-hetero) is 1. The molecular weight excluding hydrogens is 332 g/mol. The van der Waals surface area contributed by atoms with Crippen molar-refractivity contribution in [1.29, 1.82) is 0 Å². The Morgan fingerprint density at radius 1 is 1.12 bits per heavy atom. The highest BCUT2D eigenvalue weighted by Gasteiger charge is 2.13. The fraction of sp³-hybridized carbons (Fsp3) is 0.150. The Hall–Kier alpha value is -3.25. The van der Waals surface area contributed by atoms with Gasteiger partial charge >= 0.3 is 0 Å². The number of aliphatic hydroxyl groups is 1. The topological polar surface area (TPSA) is 92.4 Å². The summed E-state index contributed by atoms with van der Waals surface area (Å²) in [7, 11) is 0. The zero-order valence-electron chi connectivity index (χ0n) is 14.2. The highest BCUT2D eigenvalue weighted by molar-refractivity contribution is 5.97. The van der Waals surface area contributed by atoms with E-state index in [1.54, 1.807) is 30.3 Å². The Morgan fingerprint density at radius 3 is 2.58 bits per heavy atom. The molecule has 6 heteroatoms. The molecule has 26 heavy (non-hydrogen) atoms. The number of aliphatic hydroxyl groups excluding tert-OH is 1. The predicted molar refractivity (Wildman–Crippen MR) is 95.7 cm³/mol. The number of hydrogen-bond acceptors (Lipinski definition) is 5. The molecule has 0 aliphatic heterocycles. The number of carbonyl (C=O) groups is 2. The van der Waals surface area contributed by atoms with Crippen LogP contribution in [0, 0.1) is 6.92 Å². The molecule has 1 heterocycles. The molecule has 0 spiro atoms. The lowest BCUT2D eigenvalue weighted by atomic mass is 10.1. The Bertz CT molecular complexity index is 929. The Kier molecular flexibility index (Phi) is 5.24. The van der Waals surface area contributed by atoms with Crippen LogP contribution in [0.2, 0.25) is 0 Å². The number of aromatic nitrogens is 1. The molecule has 0 aliphatic rings. The molecule has 1 aromatic heterocycles. The fourth-order valence-corrected chi connectivity index (χ4v) is 2.49. The first-order valence-electron chi connectivity index (χ1n) is 8.12. The molecule has 6 nitrogen and oxygen atoms in total. The molecule has 0 aliphatic carbocycles. The predicted octanol–water partition coefficient (Wildman–Crippen LogP) is 2.76. The Morgan fingerprint density at radius 2 is 1.88 bits per heavy atom. The first kappa shape index (κ1) is 17.6. The maximum atomic E-state index is 12.2. The number of hydrogen-bond donors (Lipinski definition) is 2. The van der Waals surface area contributed by atoms with Crippen molar-refractivity contribution in [3.8, 4) is 11.3 Å². The molecule has 0 unspecified atom stereocenters. The molecule has 0 radical (unpaired) electrons. The van der Waals surface area contributed by atoms with E-state index < -0.39 is 6.61 Å². The summed E-state index contributed by atoms with van der Waals surface area (Å²) >= 11 is 0. The Balaban J connectivity index is 1.63. The second kappa shape index (κ2) is 7.76. The van der Waals surface area contributed by atoms with E-state index in [0.29, 0.717) is 17.9 Å². The average molecular weight is 350 g/mol. The van der Waals surface area contributed by atoms with Gasteiger partial charge in [-0.15, -0.1) is 0 Å². The lowest BCUT2D eigenvalue weighted by molar-refractivity contribution is 0.0902. The van der Waals surface area contributed by atoms with Crippen LogP contribution in [0.4, 0.5) is 0 Å². The van der Waals surface area contributed by atoms with E-state index in [9.17, 15) is 9.59 Å². The smallest absolute Gasteiger partial charge is 0.273 e. The minimum Gasteiger partial charge on any atom is -0.388 e. The van der Waals surface area contributed by atoms with Crippen molar-refractivity contribution in [1.82, 2.24) is 10.5 Å². The van der Waals surface area contributed by atoms with Crippen molar-refractivity contribution in [2.45, 2.75) is 13.5 Å². The standard InChI is InChI=1S/C20H18N2O4/c1-13-3-2-4-16(9-13)19-10-17(22-26-19)20(25)21-11-14-5-7-15(8-6-14)18(24)12-23/h2-10,23H,11-12H2,1H3,(H,21,25). The van der Waals surface area contributed by atoms with Crippen LogP contribution in [0.1, 0.15) is 32.0 Å². The van der Waals surface area contributed by atoms with Crippen LogP contribution in [-0.2, 0) is 6.54 Å². The van der Waals surface area contributed by atoms with Crippen LogP contribution in [0.3, 0.4) is 0 Å². The maximum Gasteiger partial charge on any atom is 0.273 e. The lowest BCUT2D eigenvalue weighted by Crippen LogP contribution is -2.23. The molecule has 0 saturated carbocycles. The summed E-state index contributed by atoms with van der Waals surface area (Å²) in [6.07, 6.45) is 0. The number of benzene rings is 2. The van der Waals surface area contributed by atoms with E-state index in [-0.39, 0.29) is 17.4 Å². The van der Waals surface area contributed by atoms with Crippen LogP contribution < -0.4 is 5.32 Å². The summed E-state index contributed by atoms with van der Waals surface area (Å²) in [5.41, 5.74) is 3.42. The summed E-state index contributed by atoms with van der Waals surface area (Å²) in [6, 6.07) is 16.0. The third-order valence-corrected chi connectivity index (χ3v) is 3.92. The van der Waals surface area contributed by atoms with Gasteiger partial charge in [-0.3, -0.25) is 9.59 Å². The van der Waals surface area contributed by atoms with Crippen LogP contribution >= 0.6 is 0 Å². The van der Waals surface area contributed by atoms with E-state index in [1.165, 1.54) is 0 Å². The van der Waals surface area contributed by atoms with Gasteiger partial charge in [0.15, 0.2) is 17.2 Å². The number of ketones is 1. The van der Waals surface area contributed by atoms with Crippen molar-refractivity contribution in [3.05, 3.63) is 77.0 Å². The van der Waals surface area contributed by atoms with Gasteiger partial charge in [0.1, 0.15) is 6.61 Å². The highest BCUT2D eigenvalue weighted by atomic mass is 16.5. The largest absolute Gasteiger partial charge is 0.388 e. The zero-order valence-corrected chi connectivity index (χ0v) is 14.2. The van der Waals surface area contributed by atoms with Gasteiger partial charge in [-0.05, 0) is 18.6 Å². The van der Waals surface area contributed by atoms with Crippen LogP contribution in [-0.4, -0.2) is 28.6 Å². The number of rotatable bonds is 6. The highest BCUT2D eigenvalue weighted by Crippen LogP contribution is 2.21. The quantitative estimate of drug-likeness (QED) is 0.667. The summed E-state index contributed by atoms with van der Waals surface area (Å²) < 4.78 is 5.26. The van der Waals surface area contributed by atoms with Crippen molar-refractivity contribution in [2.24, 2.45) is 0 Å². The number of amides is 1. The minimum atomic E-state index is -0.522. The second-order valence-corrected chi connectivity index (χ2v) is 5.91. The molecule has 1 amide bonds. The minimum absolute atomic E-state index is 0.202. The number of nitrogens with zero attached hydrogens (tertiary/aromatic N) is 1. The molecule has 0 bridgehead atoms. The molecule has 3 aromatic rings. The summed E-state index contributed by atoms with van der Waals surface area (Å²) in [4.78, 5) is 23.6. The molecule has 0 saturated heterocycles. The molecule has 0 atom stereocenters. The first-order valence-corrected chi connectivity index (χ1v) is 8.12. The van der Waals surface area contributed by atoms with Gasteiger partial charge in [0, 0.05) is 23.7 Å². The summed E-state index contributed by atoms with van der Waals surface area (Å²) in [5.74, 6) is -0.152. The van der Waals surface area contributed by atoms with Gasteiger partial charge in [-0.25, -0.2) is 0 Å². The maximum absolute atomic E-state index is 12.2. The second-order valence-electron chi connectivity index (χ2n) is 5.91. The third kappa shape index (κ3) is 4.04. The van der Waals surface area contributed by atoms with E-state index in [2.05, 4.69) is 10.5 Å². The van der Waals surface area contributed by atoms with E-state index in [4.69, 9.17) is 9.63 Å². The fourth-order valence-electron chi connectivity index (χ4n) is 2.49. The lowest BCUT2D eigenvalue weighted by Gasteiger charge is -2.04. The van der Waals surface area contributed by atoms with Crippen LogP contribution in [0.5, 0.6) is 0 Å². The molecule has 2 N–H and O–H groups in total.